The quantitative estimate of drug-likeness (QED) is 0.901. The van der Waals surface area contributed by atoms with Gasteiger partial charge in [0, 0.05) is 12.5 Å². The molecule has 3 unspecified atom stereocenters. The Morgan fingerprint density at radius 1 is 1.21 bits per heavy atom. The summed E-state index contributed by atoms with van der Waals surface area (Å²) in [6.45, 7) is 0. The summed E-state index contributed by atoms with van der Waals surface area (Å²) in [4.78, 5) is 26.0. The van der Waals surface area contributed by atoms with E-state index < -0.39 is 12.0 Å². The van der Waals surface area contributed by atoms with Crippen LogP contribution in [0.5, 0.6) is 5.75 Å². The number of carboxylic acid groups (broad SMARTS) is 1. The first-order valence-electron chi connectivity index (χ1n) is 8.77. The zero-order valence-corrected chi connectivity index (χ0v) is 14.1. The van der Waals surface area contributed by atoms with Crippen LogP contribution in [0.25, 0.3) is 0 Å². The molecule has 1 aliphatic carbocycles. The van der Waals surface area contributed by atoms with E-state index in [9.17, 15) is 14.7 Å². The smallest absolute Gasteiger partial charge is 0.326 e. The van der Waals surface area contributed by atoms with E-state index >= 15 is 0 Å². The molecule has 0 aromatic heterocycles. The number of rotatable bonds is 5. The summed E-state index contributed by atoms with van der Waals surface area (Å²) in [5.74, 6) is 0.278. The number of amides is 1. The number of carbonyl (C=O) groups excluding carboxylic acids is 1. The zero-order chi connectivity index (χ0) is 17.1. The Labute approximate surface area is 142 Å². The van der Waals surface area contributed by atoms with Crippen LogP contribution >= 0.6 is 0 Å². The van der Waals surface area contributed by atoms with Gasteiger partial charge in [0.15, 0.2) is 0 Å². The van der Waals surface area contributed by atoms with Crippen LogP contribution in [0.3, 0.4) is 0 Å². The van der Waals surface area contributed by atoms with Crippen molar-refractivity contribution >= 4 is 11.9 Å². The average molecular weight is 331 g/mol. The first kappa shape index (κ1) is 16.8. The molecule has 1 heterocycles. The van der Waals surface area contributed by atoms with E-state index in [0.29, 0.717) is 25.2 Å². The summed E-state index contributed by atoms with van der Waals surface area (Å²) in [6.07, 6.45) is 5.85. The molecule has 24 heavy (non-hydrogen) atoms. The van der Waals surface area contributed by atoms with Gasteiger partial charge < -0.3 is 14.7 Å². The summed E-state index contributed by atoms with van der Waals surface area (Å²) in [5.41, 5.74) is 1.07. The number of nitrogens with zero attached hydrogens (tertiary/aromatic N) is 1. The van der Waals surface area contributed by atoms with Gasteiger partial charge in [-0.15, -0.1) is 0 Å². The fourth-order valence-corrected chi connectivity index (χ4v) is 4.21. The number of hydrogen-bond donors (Lipinski definition) is 1. The molecule has 1 aromatic carbocycles. The number of hydrogen-bond acceptors (Lipinski definition) is 3. The normalized spacial score (nSPS) is 26.0. The van der Waals surface area contributed by atoms with Crippen molar-refractivity contribution in [2.45, 2.75) is 57.0 Å². The van der Waals surface area contributed by atoms with E-state index in [1.54, 1.807) is 12.0 Å². The summed E-state index contributed by atoms with van der Waals surface area (Å²) in [5, 5.41) is 9.51. The predicted octanol–water partition coefficient (Wildman–Crippen LogP) is 2.87. The van der Waals surface area contributed by atoms with Crippen LogP contribution in [-0.2, 0) is 16.0 Å². The molecule has 0 radical (unpaired) electrons. The SMILES string of the molecule is COc1ccc(CCC(=O)N2C(C(=O)O)CC3CCCCC32)cc1. The number of likely N-dealkylation sites (tertiary alicyclic amines) is 1. The Kier molecular flexibility index (Phi) is 5.07. The molecule has 0 bridgehead atoms. The third-order valence-electron chi connectivity index (χ3n) is 5.45. The number of fused-ring (bicyclic) bond motifs is 1. The molecular formula is C19H25NO4. The summed E-state index contributed by atoms with van der Waals surface area (Å²) in [7, 11) is 1.62. The van der Waals surface area contributed by atoms with Crippen LogP contribution in [-0.4, -0.2) is 41.1 Å². The third kappa shape index (κ3) is 3.40. The fourth-order valence-electron chi connectivity index (χ4n) is 4.21. The van der Waals surface area contributed by atoms with E-state index in [1.807, 2.05) is 24.3 Å². The van der Waals surface area contributed by atoms with Crippen LogP contribution in [0.1, 0.15) is 44.1 Å². The van der Waals surface area contributed by atoms with E-state index in [-0.39, 0.29) is 11.9 Å². The summed E-state index contributed by atoms with van der Waals surface area (Å²) >= 11 is 0. The van der Waals surface area contributed by atoms with E-state index in [2.05, 4.69) is 0 Å². The first-order valence-corrected chi connectivity index (χ1v) is 8.77. The minimum atomic E-state index is -0.859. The molecule has 3 atom stereocenters. The van der Waals surface area contributed by atoms with E-state index in [0.717, 1.165) is 37.0 Å². The first-order chi connectivity index (χ1) is 11.6. The van der Waals surface area contributed by atoms with Crippen LogP contribution in [0.2, 0.25) is 0 Å². The lowest BCUT2D eigenvalue weighted by Gasteiger charge is -2.33. The molecule has 1 amide bonds. The maximum Gasteiger partial charge on any atom is 0.326 e. The largest absolute Gasteiger partial charge is 0.497 e. The second-order valence-electron chi connectivity index (χ2n) is 6.85. The number of methoxy groups -OCH3 is 1. The van der Waals surface area contributed by atoms with Crippen molar-refractivity contribution in [2.75, 3.05) is 7.11 Å². The average Bonchev–Trinajstić information content (AvgIpc) is 3.00. The van der Waals surface area contributed by atoms with Crippen molar-refractivity contribution < 1.29 is 19.4 Å². The van der Waals surface area contributed by atoms with Crippen LogP contribution in [0.4, 0.5) is 0 Å². The zero-order valence-electron chi connectivity index (χ0n) is 14.1. The highest BCUT2D eigenvalue weighted by Crippen LogP contribution is 2.40. The molecule has 2 aliphatic rings. The van der Waals surface area contributed by atoms with E-state index in [4.69, 9.17) is 4.74 Å². The minimum absolute atomic E-state index is 0.0207. The van der Waals surface area contributed by atoms with Crippen molar-refractivity contribution in [1.29, 1.82) is 0 Å². The summed E-state index contributed by atoms with van der Waals surface area (Å²) in [6, 6.07) is 7.16. The van der Waals surface area contributed by atoms with Gasteiger partial charge in [0.2, 0.25) is 5.91 Å². The molecule has 130 valence electrons. The lowest BCUT2D eigenvalue weighted by Crippen LogP contribution is -2.46. The standard InChI is InChI=1S/C19H25NO4/c1-24-15-9-6-13(7-10-15)8-11-18(21)20-16-5-3-2-4-14(16)12-17(20)19(22)23/h6-7,9-10,14,16-17H,2-5,8,11-12H2,1H3,(H,22,23). The van der Waals surface area contributed by atoms with Gasteiger partial charge in [-0.3, -0.25) is 4.79 Å². The second kappa shape index (κ2) is 7.24. The highest BCUT2D eigenvalue weighted by atomic mass is 16.5. The molecule has 1 aromatic rings. The lowest BCUT2D eigenvalue weighted by molar-refractivity contribution is -0.149. The van der Waals surface area contributed by atoms with Crippen molar-refractivity contribution in [3.63, 3.8) is 0 Å². The highest BCUT2D eigenvalue weighted by Gasteiger charge is 2.47. The lowest BCUT2D eigenvalue weighted by atomic mass is 9.84. The monoisotopic (exact) mass is 331 g/mol. The molecule has 5 heteroatoms. The molecule has 5 nitrogen and oxygen atoms in total. The Bertz CT molecular complexity index is 598. The Morgan fingerprint density at radius 3 is 2.58 bits per heavy atom. The second-order valence-corrected chi connectivity index (χ2v) is 6.85. The highest BCUT2D eigenvalue weighted by molar-refractivity contribution is 5.85. The van der Waals surface area contributed by atoms with Gasteiger partial charge in [-0.2, -0.15) is 0 Å². The third-order valence-corrected chi connectivity index (χ3v) is 5.45. The van der Waals surface area contributed by atoms with Crippen molar-refractivity contribution in [3.05, 3.63) is 29.8 Å². The molecular weight excluding hydrogens is 306 g/mol. The predicted molar refractivity (Wildman–Crippen MR) is 89.9 cm³/mol. The van der Waals surface area contributed by atoms with Crippen molar-refractivity contribution in [2.24, 2.45) is 5.92 Å². The number of ether oxygens (including phenoxy) is 1. The van der Waals surface area contributed by atoms with Gasteiger partial charge in [-0.1, -0.05) is 25.0 Å². The van der Waals surface area contributed by atoms with Gasteiger partial charge in [0.25, 0.3) is 0 Å². The molecule has 1 aliphatic heterocycles. The number of aryl methyl sites for hydroxylation is 1. The van der Waals surface area contributed by atoms with Gasteiger partial charge in [-0.05, 0) is 49.3 Å². The van der Waals surface area contributed by atoms with Gasteiger partial charge in [0.05, 0.1) is 7.11 Å². The molecule has 2 fully saturated rings. The fraction of sp³-hybridized carbons (Fsp3) is 0.579. The number of benzene rings is 1. The Hall–Kier alpha value is -2.04. The molecule has 3 rings (SSSR count). The molecule has 1 saturated carbocycles. The number of carbonyl (C=O) groups is 2. The van der Waals surface area contributed by atoms with Crippen LogP contribution < -0.4 is 4.74 Å². The Balaban J connectivity index is 1.66. The van der Waals surface area contributed by atoms with Gasteiger partial charge in [-0.25, -0.2) is 4.79 Å². The topological polar surface area (TPSA) is 66.8 Å². The Morgan fingerprint density at radius 2 is 1.92 bits per heavy atom. The molecule has 1 saturated heterocycles. The number of aliphatic carboxylic acids is 1. The van der Waals surface area contributed by atoms with Crippen LogP contribution in [0, 0.1) is 5.92 Å². The molecule has 1 N–H and O–H groups in total. The van der Waals surface area contributed by atoms with Gasteiger partial charge in [0.1, 0.15) is 11.8 Å². The molecule has 0 spiro atoms. The number of carboxylic acids is 1. The van der Waals surface area contributed by atoms with Crippen molar-refractivity contribution in [3.8, 4) is 5.75 Å². The minimum Gasteiger partial charge on any atom is -0.497 e. The van der Waals surface area contributed by atoms with Gasteiger partial charge >= 0.3 is 5.97 Å². The van der Waals surface area contributed by atoms with Crippen LogP contribution in [0.15, 0.2) is 24.3 Å². The van der Waals surface area contributed by atoms with Crippen molar-refractivity contribution in [1.82, 2.24) is 4.90 Å². The van der Waals surface area contributed by atoms with E-state index in [1.165, 1.54) is 0 Å². The maximum atomic E-state index is 12.7. The summed E-state index contributed by atoms with van der Waals surface area (Å²) < 4.78 is 5.14. The maximum absolute atomic E-state index is 12.7.